The number of likely N-dealkylation sites (tertiary alicyclic amines) is 1. The number of ether oxygens (including phenoxy) is 2. The van der Waals surface area contributed by atoms with E-state index in [-0.39, 0.29) is 54.4 Å². The summed E-state index contributed by atoms with van der Waals surface area (Å²) in [6, 6.07) is 0. The Morgan fingerprint density at radius 1 is 0.889 bits per heavy atom. The van der Waals surface area contributed by atoms with E-state index in [1.54, 1.807) is 4.90 Å². The second kappa shape index (κ2) is 14.7. The zero-order chi connectivity index (χ0) is 25.9. The van der Waals surface area contributed by atoms with Crippen molar-refractivity contribution < 1.29 is 33.8 Å². The summed E-state index contributed by atoms with van der Waals surface area (Å²) in [6.45, 7) is 4.09. The molecule has 3 fully saturated rings. The van der Waals surface area contributed by atoms with Crippen LogP contribution in [0.2, 0.25) is 0 Å². The van der Waals surface area contributed by atoms with E-state index in [4.69, 9.17) is 14.6 Å². The average molecular weight is 509 g/mol. The molecule has 3 rings (SSSR count). The van der Waals surface area contributed by atoms with E-state index in [0.717, 1.165) is 51.4 Å². The number of hydrogen-bond donors (Lipinski definition) is 2. The normalized spacial score (nSPS) is 27.8. The van der Waals surface area contributed by atoms with Gasteiger partial charge in [0.2, 0.25) is 17.7 Å². The van der Waals surface area contributed by atoms with Crippen LogP contribution in [-0.2, 0) is 28.7 Å². The van der Waals surface area contributed by atoms with Crippen molar-refractivity contribution in [1.29, 1.82) is 0 Å². The van der Waals surface area contributed by atoms with Crippen molar-refractivity contribution in [3.8, 4) is 0 Å². The Morgan fingerprint density at radius 3 is 2.17 bits per heavy atom. The van der Waals surface area contributed by atoms with E-state index in [2.05, 4.69) is 5.32 Å². The molecule has 0 bridgehead atoms. The fraction of sp³-hybridized carbons (Fsp3) is 0.852. The molecule has 0 radical (unpaired) electrons. The van der Waals surface area contributed by atoms with E-state index in [1.807, 2.05) is 6.92 Å². The van der Waals surface area contributed by atoms with Gasteiger partial charge in [0, 0.05) is 24.9 Å². The lowest BCUT2D eigenvalue weighted by atomic mass is 9.80. The van der Waals surface area contributed by atoms with Crippen LogP contribution >= 0.6 is 0 Å². The first kappa shape index (κ1) is 28.6. The third-order valence-electron chi connectivity index (χ3n) is 8.19. The summed E-state index contributed by atoms with van der Waals surface area (Å²) in [4.78, 5) is 50.7. The van der Waals surface area contributed by atoms with Crippen molar-refractivity contribution in [2.45, 2.75) is 77.6 Å². The monoisotopic (exact) mass is 508 g/mol. The van der Waals surface area contributed by atoms with Crippen molar-refractivity contribution in [2.75, 3.05) is 39.5 Å². The smallest absolute Gasteiger partial charge is 0.305 e. The van der Waals surface area contributed by atoms with Gasteiger partial charge < -0.3 is 19.9 Å². The molecular formula is C27H44N2O7. The van der Waals surface area contributed by atoms with E-state index < -0.39 is 5.97 Å². The summed E-state index contributed by atoms with van der Waals surface area (Å²) >= 11 is 0. The molecule has 2 aliphatic carbocycles. The number of nitrogens with one attached hydrogen (secondary N) is 1. The summed E-state index contributed by atoms with van der Waals surface area (Å²) in [6.07, 6.45) is 10.1. The second-order valence-electron chi connectivity index (χ2n) is 10.7. The molecule has 0 aromatic rings. The zero-order valence-electron chi connectivity index (χ0n) is 21.8. The molecule has 0 aromatic heterocycles. The molecule has 9 heteroatoms. The largest absolute Gasteiger partial charge is 0.481 e. The summed E-state index contributed by atoms with van der Waals surface area (Å²) in [5, 5.41) is 11.5. The molecule has 204 valence electrons. The van der Waals surface area contributed by atoms with Crippen LogP contribution in [-0.4, -0.2) is 73.2 Å². The van der Waals surface area contributed by atoms with Crippen LogP contribution in [0.3, 0.4) is 0 Å². The van der Waals surface area contributed by atoms with E-state index in [0.29, 0.717) is 38.8 Å². The Morgan fingerprint density at radius 2 is 1.53 bits per heavy atom. The van der Waals surface area contributed by atoms with Crippen LogP contribution in [0, 0.1) is 29.6 Å². The maximum atomic E-state index is 13.3. The fourth-order valence-electron chi connectivity index (χ4n) is 6.10. The summed E-state index contributed by atoms with van der Waals surface area (Å²) in [5.74, 6) is -0.582. The van der Waals surface area contributed by atoms with Gasteiger partial charge in [-0.05, 0) is 50.4 Å². The van der Waals surface area contributed by atoms with Gasteiger partial charge in [-0.2, -0.15) is 0 Å². The SMILES string of the molecule is CC1C(=O)N(CC2CCC(C(=O)NCCOCCOCCC(=O)O)CC2)C(=O)C1C1CCCCCC1. The van der Waals surface area contributed by atoms with Crippen molar-refractivity contribution in [2.24, 2.45) is 29.6 Å². The van der Waals surface area contributed by atoms with Crippen LogP contribution in [0.15, 0.2) is 0 Å². The van der Waals surface area contributed by atoms with Gasteiger partial charge in [0.25, 0.3) is 0 Å². The second-order valence-corrected chi connectivity index (χ2v) is 10.7. The molecule has 9 nitrogen and oxygen atoms in total. The molecule has 0 aromatic carbocycles. The van der Waals surface area contributed by atoms with E-state index in [9.17, 15) is 19.2 Å². The zero-order valence-corrected chi connectivity index (χ0v) is 21.8. The standard InChI is InChI=1S/C27H44N2O7/c1-19-24(21-6-4-2-3-5-7-21)27(34)29(26(19)33)18-20-8-10-22(11-9-20)25(32)28-13-15-36-17-16-35-14-12-23(30)31/h19-22,24H,2-18H2,1H3,(H,28,32)(H,30,31). The first-order chi connectivity index (χ1) is 17.4. The molecule has 1 saturated heterocycles. The predicted octanol–water partition coefficient (Wildman–Crippen LogP) is 3.01. The quantitative estimate of drug-likeness (QED) is 0.223. The van der Waals surface area contributed by atoms with Gasteiger partial charge in [0.1, 0.15) is 0 Å². The summed E-state index contributed by atoms with van der Waals surface area (Å²) in [7, 11) is 0. The molecule has 3 aliphatic rings. The Kier molecular flexibility index (Phi) is 11.6. The molecule has 1 heterocycles. The highest BCUT2D eigenvalue weighted by Gasteiger charge is 2.48. The first-order valence-corrected chi connectivity index (χ1v) is 13.9. The lowest BCUT2D eigenvalue weighted by molar-refractivity contribution is -0.142. The fourth-order valence-corrected chi connectivity index (χ4v) is 6.10. The first-order valence-electron chi connectivity index (χ1n) is 13.9. The van der Waals surface area contributed by atoms with Crippen molar-refractivity contribution in [3.05, 3.63) is 0 Å². The van der Waals surface area contributed by atoms with E-state index >= 15 is 0 Å². The third-order valence-corrected chi connectivity index (χ3v) is 8.19. The predicted molar refractivity (Wildman–Crippen MR) is 133 cm³/mol. The van der Waals surface area contributed by atoms with Gasteiger partial charge in [-0.3, -0.25) is 24.1 Å². The Labute approximate surface area is 214 Å². The van der Waals surface area contributed by atoms with Gasteiger partial charge in [-0.15, -0.1) is 0 Å². The van der Waals surface area contributed by atoms with Gasteiger partial charge in [0.15, 0.2) is 0 Å². The number of aliphatic carboxylic acids is 1. The van der Waals surface area contributed by atoms with Gasteiger partial charge in [-0.1, -0.05) is 32.6 Å². The van der Waals surface area contributed by atoms with Crippen LogP contribution in [0.25, 0.3) is 0 Å². The van der Waals surface area contributed by atoms with Crippen molar-refractivity contribution >= 4 is 23.7 Å². The van der Waals surface area contributed by atoms with Gasteiger partial charge in [0.05, 0.1) is 38.8 Å². The Hall–Kier alpha value is -2.00. The maximum absolute atomic E-state index is 13.3. The maximum Gasteiger partial charge on any atom is 0.305 e. The highest BCUT2D eigenvalue weighted by atomic mass is 16.5. The number of carbonyl (C=O) groups is 4. The molecule has 2 unspecified atom stereocenters. The van der Waals surface area contributed by atoms with E-state index in [1.165, 1.54) is 12.8 Å². The molecule has 3 amide bonds. The highest BCUT2D eigenvalue weighted by molar-refractivity contribution is 6.05. The number of carboxylic acid groups (broad SMARTS) is 1. The number of nitrogens with zero attached hydrogens (tertiary/aromatic N) is 1. The average Bonchev–Trinajstić information content (AvgIpc) is 3.05. The number of hydrogen-bond acceptors (Lipinski definition) is 6. The minimum absolute atomic E-state index is 0.00130. The lowest BCUT2D eigenvalue weighted by Crippen LogP contribution is -2.39. The topological polar surface area (TPSA) is 122 Å². The van der Waals surface area contributed by atoms with Crippen LogP contribution in [0.5, 0.6) is 0 Å². The number of amides is 3. The molecule has 2 saturated carbocycles. The molecule has 1 aliphatic heterocycles. The molecule has 2 N–H and O–H groups in total. The van der Waals surface area contributed by atoms with Crippen LogP contribution in [0.4, 0.5) is 0 Å². The molecule has 0 spiro atoms. The lowest BCUT2D eigenvalue weighted by Gasteiger charge is -2.30. The molecular weight excluding hydrogens is 464 g/mol. The van der Waals surface area contributed by atoms with Crippen LogP contribution in [0.1, 0.15) is 77.6 Å². The van der Waals surface area contributed by atoms with Gasteiger partial charge >= 0.3 is 5.97 Å². The molecule has 2 atom stereocenters. The van der Waals surface area contributed by atoms with Crippen LogP contribution < -0.4 is 5.32 Å². The molecule has 36 heavy (non-hydrogen) atoms. The number of rotatable bonds is 13. The van der Waals surface area contributed by atoms with Gasteiger partial charge in [-0.25, -0.2) is 0 Å². The third kappa shape index (κ3) is 8.26. The van der Waals surface area contributed by atoms with Crippen molar-refractivity contribution in [3.63, 3.8) is 0 Å². The minimum atomic E-state index is -0.890. The minimum Gasteiger partial charge on any atom is -0.481 e. The highest BCUT2D eigenvalue weighted by Crippen LogP contribution is 2.40. The summed E-state index contributed by atoms with van der Waals surface area (Å²) in [5.41, 5.74) is 0. The number of imide groups is 1. The van der Waals surface area contributed by atoms with Crippen molar-refractivity contribution in [1.82, 2.24) is 10.2 Å². The number of carbonyl (C=O) groups excluding carboxylic acids is 3. The number of carboxylic acids is 1. The Balaban J connectivity index is 1.32. The Bertz CT molecular complexity index is 742. The summed E-state index contributed by atoms with van der Waals surface area (Å²) < 4.78 is 10.5.